The molecule has 0 aliphatic carbocycles. The monoisotopic (exact) mass is 302 g/mol. The van der Waals surface area contributed by atoms with Gasteiger partial charge in [-0.25, -0.2) is 0 Å². The number of furan rings is 1. The van der Waals surface area contributed by atoms with Crippen LogP contribution in [0.1, 0.15) is 11.1 Å². The Morgan fingerprint density at radius 2 is 2.25 bits per heavy atom. The van der Waals surface area contributed by atoms with Crippen LogP contribution in [0.15, 0.2) is 38.1 Å². The minimum atomic E-state index is 0.897. The molecule has 0 unspecified atom stereocenters. The van der Waals surface area contributed by atoms with Crippen molar-refractivity contribution in [1.29, 1.82) is 0 Å². The molecule has 0 saturated heterocycles. The first-order chi connectivity index (χ1) is 9.79. The molecule has 0 saturated carbocycles. The van der Waals surface area contributed by atoms with Crippen molar-refractivity contribution < 1.29 is 4.42 Å². The van der Waals surface area contributed by atoms with E-state index in [1.165, 1.54) is 26.4 Å². The fraction of sp³-hybridized carbons (Fsp3) is 0.267. The van der Waals surface area contributed by atoms with E-state index in [9.17, 15) is 0 Å². The first-order valence-electron chi connectivity index (χ1n) is 6.55. The zero-order chi connectivity index (χ0) is 13.7. The van der Waals surface area contributed by atoms with E-state index in [0.717, 1.165) is 23.8 Å². The van der Waals surface area contributed by atoms with Gasteiger partial charge in [0.2, 0.25) is 0 Å². The molecule has 102 valence electrons. The molecular formula is C15H14N2OS2. The maximum atomic E-state index is 5.64. The van der Waals surface area contributed by atoms with Crippen molar-refractivity contribution in [3.63, 3.8) is 0 Å². The smallest absolute Gasteiger partial charge is 0.169 e. The van der Waals surface area contributed by atoms with Crippen LogP contribution in [0.4, 0.5) is 0 Å². The van der Waals surface area contributed by atoms with Gasteiger partial charge in [0.05, 0.1) is 22.7 Å². The van der Waals surface area contributed by atoms with Crippen molar-refractivity contribution in [3.05, 3.63) is 39.8 Å². The highest BCUT2D eigenvalue weighted by Gasteiger charge is 2.33. The highest BCUT2D eigenvalue weighted by molar-refractivity contribution is 8.30. The summed E-state index contributed by atoms with van der Waals surface area (Å²) in [6.45, 7) is 3.97. The minimum absolute atomic E-state index is 0.897. The number of nitrogens with zero attached hydrogens (tertiary/aromatic N) is 2. The van der Waals surface area contributed by atoms with Crippen LogP contribution in [0.25, 0.3) is 16.7 Å². The second kappa shape index (κ2) is 4.60. The van der Waals surface area contributed by atoms with Gasteiger partial charge in [0, 0.05) is 17.5 Å². The lowest BCUT2D eigenvalue weighted by Gasteiger charge is -2.18. The van der Waals surface area contributed by atoms with Gasteiger partial charge in [-0.3, -0.25) is 4.99 Å². The number of rotatable bonds is 2. The number of thioether (sulfide) groups is 2. The Morgan fingerprint density at radius 1 is 1.35 bits per heavy atom. The summed E-state index contributed by atoms with van der Waals surface area (Å²) in [5.41, 5.74) is 4.72. The van der Waals surface area contributed by atoms with Crippen LogP contribution in [0.3, 0.4) is 0 Å². The Kier molecular flexibility index (Phi) is 2.86. The Morgan fingerprint density at radius 3 is 3.10 bits per heavy atom. The molecule has 20 heavy (non-hydrogen) atoms. The lowest BCUT2D eigenvalue weighted by Crippen LogP contribution is -2.20. The van der Waals surface area contributed by atoms with E-state index in [-0.39, 0.29) is 0 Å². The van der Waals surface area contributed by atoms with Crippen LogP contribution >= 0.6 is 23.5 Å². The average Bonchev–Trinajstić information content (AvgIpc) is 3.14. The molecule has 2 aromatic rings. The summed E-state index contributed by atoms with van der Waals surface area (Å²) in [7, 11) is 0. The van der Waals surface area contributed by atoms with E-state index in [1.54, 1.807) is 29.8 Å². The third kappa shape index (κ3) is 1.66. The number of hydrogen-bond donors (Lipinski definition) is 0. The lowest BCUT2D eigenvalue weighted by molar-refractivity contribution is 0.613. The SMILES string of the molecule is CSC1=C(c2ccc(C)c3occc23)N2CCN=C2S1. The van der Waals surface area contributed by atoms with Gasteiger partial charge in [-0.2, -0.15) is 0 Å². The van der Waals surface area contributed by atoms with Gasteiger partial charge in [-0.15, -0.1) is 11.8 Å². The van der Waals surface area contributed by atoms with Crippen molar-refractivity contribution in [2.45, 2.75) is 6.92 Å². The van der Waals surface area contributed by atoms with Gasteiger partial charge in [-0.05, 0) is 36.6 Å². The predicted octanol–water partition coefficient (Wildman–Crippen LogP) is 4.15. The molecule has 0 atom stereocenters. The molecule has 0 radical (unpaired) electrons. The second-order valence-electron chi connectivity index (χ2n) is 4.85. The van der Waals surface area contributed by atoms with Gasteiger partial charge in [0.1, 0.15) is 5.58 Å². The van der Waals surface area contributed by atoms with Crippen molar-refractivity contribution >= 4 is 45.4 Å². The summed E-state index contributed by atoms with van der Waals surface area (Å²) >= 11 is 3.58. The van der Waals surface area contributed by atoms with E-state index < -0.39 is 0 Å². The molecule has 3 nitrogen and oxygen atoms in total. The van der Waals surface area contributed by atoms with Crippen LogP contribution in [-0.2, 0) is 0 Å². The van der Waals surface area contributed by atoms with E-state index in [0.29, 0.717) is 0 Å². The molecule has 1 aromatic heterocycles. The van der Waals surface area contributed by atoms with Crippen LogP contribution in [-0.4, -0.2) is 29.4 Å². The van der Waals surface area contributed by atoms with Crippen molar-refractivity contribution in [2.24, 2.45) is 4.99 Å². The molecule has 0 N–H and O–H groups in total. The molecule has 0 bridgehead atoms. The Balaban J connectivity index is 1.96. The van der Waals surface area contributed by atoms with Crippen LogP contribution in [0.2, 0.25) is 0 Å². The Hall–Kier alpha value is -1.33. The van der Waals surface area contributed by atoms with Crippen molar-refractivity contribution in [3.8, 4) is 0 Å². The van der Waals surface area contributed by atoms with Crippen LogP contribution in [0, 0.1) is 6.92 Å². The molecular weight excluding hydrogens is 288 g/mol. The third-order valence-corrected chi connectivity index (χ3v) is 5.93. The van der Waals surface area contributed by atoms with E-state index in [2.05, 4.69) is 41.3 Å². The maximum absolute atomic E-state index is 5.64. The zero-order valence-corrected chi connectivity index (χ0v) is 13.0. The summed E-state index contributed by atoms with van der Waals surface area (Å²) in [5, 5.41) is 2.34. The van der Waals surface area contributed by atoms with E-state index >= 15 is 0 Å². The molecule has 0 fully saturated rings. The van der Waals surface area contributed by atoms with Gasteiger partial charge < -0.3 is 9.32 Å². The maximum Gasteiger partial charge on any atom is 0.169 e. The molecule has 3 heterocycles. The fourth-order valence-electron chi connectivity index (χ4n) is 2.76. The zero-order valence-electron chi connectivity index (χ0n) is 11.3. The van der Waals surface area contributed by atoms with Gasteiger partial charge in [-0.1, -0.05) is 12.1 Å². The Bertz CT molecular complexity index is 760. The molecule has 5 heteroatoms. The van der Waals surface area contributed by atoms with E-state index in [1.807, 2.05) is 0 Å². The van der Waals surface area contributed by atoms with Gasteiger partial charge >= 0.3 is 0 Å². The summed E-state index contributed by atoms with van der Waals surface area (Å²) in [6, 6.07) is 6.42. The fourth-order valence-corrected chi connectivity index (χ4v) is 4.67. The molecule has 4 rings (SSSR count). The number of benzene rings is 1. The number of hydrogen-bond acceptors (Lipinski definition) is 5. The summed E-state index contributed by atoms with van der Waals surface area (Å²) in [6.07, 6.45) is 3.91. The standard InChI is InChI=1S/C15H14N2OS2/c1-9-3-4-10(11-5-8-18-13(9)11)12-14(19-2)20-15-16-6-7-17(12)15/h3-5,8H,6-7H2,1-2H3. The third-order valence-electron chi connectivity index (χ3n) is 3.70. The van der Waals surface area contributed by atoms with E-state index in [4.69, 9.17) is 4.42 Å². The molecule has 0 amide bonds. The quantitative estimate of drug-likeness (QED) is 0.833. The highest BCUT2D eigenvalue weighted by atomic mass is 32.2. The minimum Gasteiger partial charge on any atom is -0.464 e. The largest absolute Gasteiger partial charge is 0.464 e. The first kappa shape index (κ1) is 12.4. The molecule has 1 aromatic carbocycles. The number of amidine groups is 1. The van der Waals surface area contributed by atoms with Crippen molar-refractivity contribution in [2.75, 3.05) is 19.3 Å². The molecule has 0 spiro atoms. The summed E-state index contributed by atoms with van der Waals surface area (Å²) in [4.78, 5) is 6.92. The van der Waals surface area contributed by atoms with Crippen molar-refractivity contribution in [1.82, 2.24) is 4.90 Å². The average molecular weight is 302 g/mol. The summed E-state index contributed by atoms with van der Waals surface area (Å²) < 4.78 is 6.97. The normalized spacial score (nSPS) is 18.1. The summed E-state index contributed by atoms with van der Waals surface area (Å²) in [5.74, 6) is 0. The molecule has 2 aliphatic heterocycles. The van der Waals surface area contributed by atoms with Gasteiger partial charge in [0.25, 0.3) is 0 Å². The first-order valence-corrected chi connectivity index (χ1v) is 8.59. The number of aliphatic imine (C=N–C) groups is 1. The molecule has 2 aliphatic rings. The lowest BCUT2D eigenvalue weighted by atomic mass is 10.0. The number of fused-ring (bicyclic) bond motifs is 2. The van der Waals surface area contributed by atoms with Gasteiger partial charge in [0.15, 0.2) is 5.17 Å². The van der Waals surface area contributed by atoms with Crippen LogP contribution in [0.5, 0.6) is 0 Å². The number of aryl methyl sites for hydroxylation is 1. The predicted molar refractivity (Wildman–Crippen MR) is 88.0 cm³/mol. The highest BCUT2D eigenvalue weighted by Crippen LogP contribution is 2.47. The second-order valence-corrected chi connectivity index (χ2v) is 6.90. The Labute approximate surface area is 126 Å². The topological polar surface area (TPSA) is 28.7 Å². The van der Waals surface area contributed by atoms with Crippen LogP contribution < -0.4 is 0 Å².